The zero-order valence-electron chi connectivity index (χ0n) is 19.6. The molecule has 1 amide bonds. The Bertz CT molecular complexity index is 1110. The van der Waals surface area contributed by atoms with E-state index in [0.717, 1.165) is 0 Å². The highest BCUT2D eigenvalue weighted by molar-refractivity contribution is 5.99. The lowest BCUT2D eigenvalue weighted by Gasteiger charge is -2.22. The van der Waals surface area contributed by atoms with Crippen molar-refractivity contribution < 1.29 is 18.0 Å². The average molecular weight is 475 g/mol. The maximum absolute atomic E-state index is 13.4. The summed E-state index contributed by atoms with van der Waals surface area (Å²) < 4.78 is 31.6. The molecule has 34 heavy (non-hydrogen) atoms. The van der Waals surface area contributed by atoms with Gasteiger partial charge >= 0.3 is 0 Å². The van der Waals surface area contributed by atoms with Crippen LogP contribution in [0.5, 0.6) is 0 Å². The predicted octanol–water partition coefficient (Wildman–Crippen LogP) is 4.50. The third-order valence-electron chi connectivity index (χ3n) is 4.20. The van der Waals surface area contributed by atoms with Crippen molar-refractivity contribution >= 4 is 29.0 Å². The molecule has 3 rings (SSSR count). The van der Waals surface area contributed by atoms with Gasteiger partial charge in [-0.15, -0.1) is 0 Å². The number of amides is 1. The van der Waals surface area contributed by atoms with E-state index in [9.17, 15) is 13.6 Å². The first-order valence-electron chi connectivity index (χ1n) is 10.6. The van der Waals surface area contributed by atoms with Crippen LogP contribution in [0, 0.1) is 0 Å². The zero-order valence-corrected chi connectivity index (χ0v) is 19.6. The Morgan fingerprint density at radius 3 is 2.44 bits per heavy atom. The van der Waals surface area contributed by atoms with Gasteiger partial charge in [0.15, 0.2) is 12.2 Å². The number of anilines is 4. The lowest BCUT2D eigenvalue weighted by molar-refractivity contribution is 0.0951. The van der Waals surface area contributed by atoms with E-state index >= 15 is 0 Å². The smallest absolute Gasteiger partial charge is 0.297 e. The number of alkyl halides is 2. The van der Waals surface area contributed by atoms with Crippen LogP contribution in [-0.4, -0.2) is 37.4 Å². The number of rotatable bonds is 9. The minimum Gasteiger partial charge on any atom is -0.451 e. The molecule has 0 unspecified atom stereocenters. The van der Waals surface area contributed by atoms with Crippen molar-refractivity contribution in [3.8, 4) is 0 Å². The van der Waals surface area contributed by atoms with Crippen molar-refractivity contribution in [1.82, 2.24) is 25.3 Å². The molecule has 0 bridgehead atoms. The number of carbonyl (C=O) groups is 1. The summed E-state index contributed by atoms with van der Waals surface area (Å²) in [7, 11) is 0. The summed E-state index contributed by atoms with van der Waals surface area (Å²) in [5.74, 6) is -0.255. The highest BCUT2D eigenvalue weighted by Crippen LogP contribution is 2.26. The molecular formula is C22H28F2N8O2. The molecule has 0 atom stereocenters. The number of nitrogens with zero attached hydrogens (tertiary/aromatic N) is 4. The van der Waals surface area contributed by atoms with E-state index in [-0.39, 0.29) is 30.1 Å². The minimum atomic E-state index is -2.84. The molecule has 3 heterocycles. The predicted molar refractivity (Wildman–Crippen MR) is 124 cm³/mol. The van der Waals surface area contributed by atoms with Gasteiger partial charge in [-0.3, -0.25) is 4.79 Å². The van der Waals surface area contributed by atoms with E-state index in [2.05, 4.69) is 41.2 Å². The number of nitrogens with one attached hydrogen (secondary N) is 4. The van der Waals surface area contributed by atoms with Crippen LogP contribution >= 0.6 is 0 Å². The summed E-state index contributed by atoms with van der Waals surface area (Å²) in [6.45, 7) is 9.71. The van der Waals surface area contributed by atoms with Crippen LogP contribution in [0.3, 0.4) is 0 Å². The van der Waals surface area contributed by atoms with Gasteiger partial charge in [0.1, 0.15) is 23.7 Å². The standard InChI is InChI=1S/C22H28F2N8O2/c1-12(2)28-15-6-16(25-9-14(15)21(33)26-8-13-10-34-11-27-13)29-17-7-18(32-22(3,4)5)31-20(30-17)19(23)24/h6-7,9-12,19H,8H2,1-5H3,(H,26,33)(H3,25,28,29,30,31,32). The Morgan fingerprint density at radius 1 is 1.09 bits per heavy atom. The first kappa shape index (κ1) is 24.8. The number of pyridine rings is 1. The fourth-order valence-electron chi connectivity index (χ4n) is 2.93. The van der Waals surface area contributed by atoms with Crippen molar-refractivity contribution in [2.24, 2.45) is 0 Å². The van der Waals surface area contributed by atoms with Gasteiger partial charge < -0.3 is 25.7 Å². The fraction of sp³-hybridized carbons (Fsp3) is 0.409. The van der Waals surface area contributed by atoms with Crippen molar-refractivity contribution in [3.05, 3.63) is 48.1 Å². The lowest BCUT2D eigenvalue weighted by atomic mass is 10.1. The van der Waals surface area contributed by atoms with Crippen molar-refractivity contribution in [2.75, 3.05) is 16.0 Å². The average Bonchev–Trinajstić information content (AvgIpc) is 3.24. The van der Waals surface area contributed by atoms with E-state index in [4.69, 9.17) is 4.42 Å². The molecule has 0 aromatic carbocycles. The molecule has 3 aromatic heterocycles. The summed E-state index contributed by atoms with van der Waals surface area (Å²) in [4.78, 5) is 28.8. The Labute approximate surface area is 196 Å². The summed E-state index contributed by atoms with van der Waals surface area (Å²) >= 11 is 0. The molecule has 0 saturated carbocycles. The quantitative estimate of drug-likeness (QED) is 0.354. The summed E-state index contributed by atoms with van der Waals surface area (Å²) in [5, 5.41) is 12.0. The summed E-state index contributed by atoms with van der Waals surface area (Å²) in [6, 6.07) is 3.16. The van der Waals surface area contributed by atoms with Crippen molar-refractivity contribution in [2.45, 2.75) is 59.2 Å². The highest BCUT2D eigenvalue weighted by Gasteiger charge is 2.19. The summed E-state index contributed by atoms with van der Waals surface area (Å²) in [5.41, 5.74) is 1.02. The fourth-order valence-corrected chi connectivity index (χ4v) is 2.93. The zero-order chi connectivity index (χ0) is 24.9. The number of hydrogen-bond acceptors (Lipinski definition) is 9. The van der Waals surface area contributed by atoms with Gasteiger partial charge in [0.2, 0.25) is 0 Å². The largest absolute Gasteiger partial charge is 0.451 e. The van der Waals surface area contributed by atoms with Crippen LogP contribution in [0.25, 0.3) is 0 Å². The van der Waals surface area contributed by atoms with Gasteiger partial charge in [0, 0.05) is 29.9 Å². The number of halogens is 2. The Balaban J connectivity index is 1.86. The van der Waals surface area contributed by atoms with Crippen LogP contribution in [0.4, 0.5) is 31.9 Å². The second-order valence-electron chi connectivity index (χ2n) is 8.87. The second kappa shape index (κ2) is 10.4. The monoisotopic (exact) mass is 474 g/mol. The Hall–Kier alpha value is -3.83. The van der Waals surface area contributed by atoms with E-state index in [0.29, 0.717) is 22.8 Å². The topological polar surface area (TPSA) is 130 Å². The lowest BCUT2D eigenvalue weighted by Crippen LogP contribution is -2.27. The minimum absolute atomic E-state index is 0.0180. The molecule has 182 valence electrons. The maximum atomic E-state index is 13.4. The van der Waals surface area contributed by atoms with Crippen LogP contribution in [0.15, 0.2) is 35.4 Å². The molecule has 0 radical (unpaired) electrons. The first-order chi connectivity index (χ1) is 16.0. The SMILES string of the molecule is CC(C)Nc1cc(Nc2cc(NC(C)(C)C)nc(C(F)F)n2)ncc1C(=O)NCc1cocn1. The molecule has 0 aliphatic carbocycles. The molecular weight excluding hydrogens is 446 g/mol. The van der Waals surface area contributed by atoms with E-state index in [1.165, 1.54) is 24.9 Å². The van der Waals surface area contributed by atoms with Gasteiger partial charge in [0.05, 0.1) is 23.5 Å². The number of oxazole rings is 1. The van der Waals surface area contributed by atoms with E-state index < -0.39 is 17.8 Å². The third-order valence-corrected chi connectivity index (χ3v) is 4.20. The Morgan fingerprint density at radius 2 is 1.82 bits per heavy atom. The molecule has 4 N–H and O–H groups in total. The molecule has 10 nitrogen and oxygen atoms in total. The van der Waals surface area contributed by atoms with Crippen molar-refractivity contribution in [3.63, 3.8) is 0 Å². The number of carbonyl (C=O) groups excluding carboxylic acids is 1. The number of aromatic nitrogens is 4. The van der Waals surface area contributed by atoms with Crippen LogP contribution in [-0.2, 0) is 6.54 Å². The Kier molecular flexibility index (Phi) is 7.59. The summed E-state index contributed by atoms with van der Waals surface area (Å²) in [6.07, 6.45) is 1.28. The van der Waals surface area contributed by atoms with Gasteiger partial charge in [-0.25, -0.2) is 28.7 Å². The van der Waals surface area contributed by atoms with Crippen LogP contribution < -0.4 is 21.3 Å². The molecule has 12 heteroatoms. The highest BCUT2D eigenvalue weighted by atomic mass is 19.3. The molecule has 0 fully saturated rings. The van der Waals surface area contributed by atoms with Crippen LogP contribution in [0.2, 0.25) is 0 Å². The normalized spacial score (nSPS) is 11.6. The first-order valence-corrected chi connectivity index (χ1v) is 10.6. The van der Waals surface area contributed by atoms with Gasteiger partial charge in [-0.1, -0.05) is 0 Å². The van der Waals surface area contributed by atoms with Crippen molar-refractivity contribution in [1.29, 1.82) is 0 Å². The molecule has 0 aliphatic heterocycles. The van der Waals surface area contributed by atoms with E-state index in [1.54, 1.807) is 6.07 Å². The van der Waals surface area contributed by atoms with Gasteiger partial charge in [-0.2, -0.15) is 0 Å². The molecule has 0 saturated heterocycles. The van der Waals surface area contributed by atoms with Gasteiger partial charge in [-0.05, 0) is 34.6 Å². The number of hydrogen-bond donors (Lipinski definition) is 4. The van der Waals surface area contributed by atoms with E-state index in [1.807, 2.05) is 34.6 Å². The molecule has 0 aliphatic rings. The molecule has 3 aromatic rings. The molecule has 0 spiro atoms. The second-order valence-corrected chi connectivity index (χ2v) is 8.87. The third kappa shape index (κ3) is 7.09. The van der Waals surface area contributed by atoms with Crippen LogP contribution in [0.1, 0.15) is 62.9 Å². The maximum Gasteiger partial charge on any atom is 0.297 e. The van der Waals surface area contributed by atoms with Gasteiger partial charge in [0.25, 0.3) is 12.3 Å².